The molecular weight excluding hydrogens is 190 g/mol. The topological polar surface area (TPSA) is 51.0 Å². The molecule has 15 heavy (non-hydrogen) atoms. The Bertz CT molecular complexity index is 417. The number of anilines is 1. The van der Waals surface area contributed by atoms with Gasteiger partial charge in [0.15, 0.2) is 0 Å². The molecule has 78 valence electrons. The summed E-state index contributed by atoms with van der Waals surface area (Å²) < 4.78 is 5.08. The Morgan fingerprint density at radius 2 is 2.27 bits per heavy atom. The van der Waals surface area contributed by atoms with E-state index in [0.29, 0.717) is 6.54 Å². The lowest BCUT2D eigenvalue weighted by atomic mass is 10.2. The number of nitrogens with zero attached hydrogens (tertiary/aromatic N) is 2. The lowest BCUT2D eigenvalue weighted by Gasteiger charge is -2.04. The van der Waals surface area contributed by atoms with E-state index in [-0.39, 0.29) is 0 Å². The number of hydrogen-bond donors (Lipinski definition) is 1. The van der Waals surface area contributed by atoms with Crippen LogP contribution in [0, 0.1) is 13.8 Å². The van der Waals surface area contributed by atoms with Crippen molar-refractivity contribution >= 4 is 5.69 Å². The second-order valence-corrected chi connectivity index (χ2v) is 3.40. The molecule has 0 aliphatic carbocycles. The summed E-state index contributed by atoms with van der Waals surface area (Å²) in [6.07, 6.45) is 3.54. The molecule has 0 spiro atoms. The summed E-state index contributed by atoms with van der Waals surface area (Å²) in [6, 6.07) is 3.88. The molecule has 2 heterocycles. The zero-order valence-electron chi connectivity index (χ0n) is 8.82. The highest BCUT2D eigenvalue weighted by molar-refractivity contribution is 5.41. The van der Waals surface area contributed by atoms with Gasteiger partial charge in [-0.1, -0.05) is 5.16 Å². The predicted molar refractivity (Wildman–Crippen MR) is 57.5 cm³/mol. The first kappa shape index (κ1) is 9.71. The minimum Gasteiger partial charge on any atom is -0.380 e. The highest BCUT2D eigenvalue weighted by Gasteiger charge is 2.07. The van der Waals surface area contributed by atoms with Gasteiger partial charge in [0.2, 0.25) is 0 Å². The third-order valence-corrected chi connectivity index (χ3v) is 2.31. The Balaban J connectivity index is 2.05. The molecule has 0 unspecified atom stereocenters. The van der Waals surface area contributed by atoms with E-state index in [1.54, 1.807) is 12.4 Å². The van der Waals surface area contributed by atoms with Gasteiger partial charge in [-0.2, -0.15) is 0 Å². The van der Waals surface area contributed by atoms with E-state index in [1.165, 1.54) is 0 Å². The summed E-state index contributed by atoms with van der Waals surface area (Å²) in [5.74, 6) is 0.865. The number of aromatic nitrogens is 2. The molecule has 4 heteroatoms. The van der Waals surface area contributed by atoms with Crippen LogP contribution in [0.3, 0.4) is 0 Å². The number of rotatable bonds is 3. The molecule has 0 saturated carbocycles. The average molecular weight is 203 g/mol. The number of nitrogens with one attached hydrogen (secondary N) is 1. The van der Waals surface area contributed by atoms with Crippen molar-refractivity contribution in [2.45, 2.75) is 20.4 Å². The Morgan fingerprint density at radius 3 is 2.87 bits per heavy atom. The van der Waals surface area contributed by atoms with Crippen molar-refractivity contribution in [1.29, 1.82) is 0 Å². The third kappa shape index (κ3) is 2.15. The van der Waals surface area contributed by atoms with E-state index in [2.05, 4.69) is 15.5 Å². The van der Waals surface area contributed by atoms with Crippen molar-refractivity contribution in [1.82, 2.24) is 10.1 Å². The molecule has 0 saturated heterocycles. The molecule has 0 fully saturated rings. The van der Waals surface area contributed by atoms with Crippen LogP contribution in [-0.4, -0.2) is 10.1 Å². The van der Waals surface area contributed by atoms with Crippen molar-refractivity contribution in [2.75, 3.05) is 5.32 Å². The van der Waals surface area contributed by atoms with E-state index in [1.807, 2.05) is 26.0 Å². The summed E-state index contributed by atoms with van der Waals surface area (Å²) in [5, 5.41) is 7.16. The first-order valence-corrected chi connectivity index (χ1v) is 4.83. The summed E-state index contributed by atoms with van der Waals surface area (Å²) in [5.41, 5.74) is 3.04. The summed E-state index contributed by atoms with van der Waals surface area (Å²) in [7, 11) is 0. The van der Waals surface area contributed by atoms with Crippen LogP contribution in [0.1, 0.15) is 17.0 Å². The molecule has 0 aliphatic heterocycles. The first-order valence-electron chi connectivity index (χ1n) is 4.83. The fraction of sp³-hybridized carbons (Fsp3) is 0.273. The maximum Gasteiger partial charge on any atom is 0.138 e. The molecule has 2 aromatic heterocycles. The van der Waals surface area contributed by atoms with Gasteiger partial charge in [0.1, 0.15) is 5.76 Å². The minimum atomic E-state index is 0.715. The highest BCUT2D eigenvalue weighted by atomic mass is 16.5. The second-order valence-electron chi connectivity index (χ2n) is 3.40. The van der Waals surface area contributed by atoms with E-state index in [0.717, 1.165) is 22.7 Å². The van der Waals surface area contributed by atoms with Gasteiger partial charge in [0.05, 0.1) is 11.4 Å². The van der Waals surface area contributed by atoms with Crippen molar-refractivity contribution in [3.05, 3.63) is 41.5 Å². The second kappa shape index (κ2) is 4.13. The Labute approximate surface area is 88.3 Å². The van der Waals surface area contributed by atoms with E-state index >= 15 is 0 Å². The molecule has 2 aromatic rings. The molecular formula is C11H13N3O. The molecule has 1 N–H and O–H groups in total. The molecule has 4 nitrogen and oxygen atoms in total. The number of aryl methyl sites for hydroxylation is 2. The van der Waals surface area contributed by atoms with Crippen molar-refractivity contribution in [3.8, 4) is 0 Å². The third-order valence-electron chi connectivity index (χ3n) is 2.31. The molecule has 0 aliphatic rings. The highest BCUT2D eigenvalue weighted by Crippen LogP contribution is 2.14. The lowest BCUT2D eigenvalue weighted by Crippen LogP contribution is -2.01. The van der Waals surface area contributed by atoms with Gasteiger partial charge in [-0.25, -0.2) is 0 Å². The summed E-state index contributed by atoms with van der Waals surface area (Å²) in [6.45, 7) is 4.57. The SMILES string of the molecule is Cc1noc(C)c1CNc1cccnc1. The Hall–Kier alpha value is -1.84. The molecule has 0 aromatic carbocycles. The van der Waals surface area contributed by atoms with Crippen molar-refractivity contribution < 1.29 is 4.52 Å². The van der Waals surface area contributed by atoms with E-state index in [4.69, 9.17) is 4.52 Å². The van der Waals surface area contributed by atoms with Crippen LogP contribution in [0.15, 0.2) is 29.0 Å². The standard InChI is InChI=1S/C11H13N3O/c1-8-11(9(2)15-14-8)7-13-10-4-3-5-12-6-10/h3-6,13H,7H2,1-2H3. The average Bonchev–Trinajstić information content (AvgIpc) is 2.58. The largest absolute Gasteiger partial charge is 0.380 e. The lowest BCUT2D eigenvalue weighted by molar-refractivity contribution is 0.392. The van der Waals surface area contributed by atoms with Crippen LogP contribution in [0.2, 0.25) is 0 Å². The number of pyridine rings is 1. The summed E-state index contributed by atoms with van der Waals surface area (Å²) in [4.78, 5) is 4.03. The maximum absolute atomic E-state index is 5.08. The zero-order valence-corrected chi connectivity index (χ0v) is 8.82. The van der Waals surface area contributed by atoms with Gasteiger partial charge < -0.3 is 9.84 Å². The van der Waals surface area contributed by atoms with Crippen molar-refractivity contribution in [2.24, 2.45) is 0 Å². The fourth-order valence-electron chi connectivity index (χ4n) is 1.41. The predicted octanol–water partition coefficient (Wildman–Crippen LogP) is 2.30. The van der Waals surface area contributed by atoms with Gasteiger partial charge in [-0.15, -0.1) is 0 Å². The number of hydrogen-bond acceptors (Lipinski definition) is 4. The van der Waals surface area contributed by atoms with Crippen LogP contribution in [0.4, 0.5) is 5.69 Å². The molecule has 0 atom stereocenters. The van der Waals surface area contributed by atoms with Crippen LogP contribution < -0.4 is 5.32 Å². The molecule has 2 rings (SSSR count). The fourth-order valence-corrected chi connectivity index (χ4v) is 1.41. The van der Waals surface area contributed by atoms with Crippen LogP contribution in [0.25, 0.3) is 0 Å². The zero-order chi connectivity index (χ0) is 10.7. The summed E-state index contributed by atoms with van der Waals surface area (Å²) >= 11 is 0. The van der Waals surface area contributed by atoms with Gasteiger partial charge in [-0.05, 0) is 26.0 Å². The van der Waals surface area contributed by atoms with Gasteiger partial charge in [0, 0.05) is 24.5 Å². The van der Waals surface area contributed by atoms with Gasteiger partial charge >= 0.3 is 0 Å². The Kier molecular flexibility index (Phi) is 2.67. The van der Waals surface area contributed by atoms with E-state index in [9.17, 15) is 0 Å². The van der Waals surface area contributed by atoms with E-state index < -0.39 is 0 Å². The molecule has 0 radical (unpaired) electrons. The van der Waals surface area contributed by atoms with Gasteiger partial charge in [0.25, 0.3) is 0 Å². The van der Waals surface area contributed by atoms with Crippen LogP contribution >= 0.6 is 0 Å². The minimum absolute atomic E-state index is 0.715. The van der Waals surface area contributed by atoms with Crippen LogP contribution in [0.5, 0.6) is 0 Å². The molecule has 0 amide bonds. The van der Waals surface area contributed by atoms with Gasteiger partial charge in [-0.3, -0.25) is 4.98 Å². The van der Waals surface area contributed by atoms with Crippen LogP contribution in [-0.2, 0) is 6.54 Å². The van der Waals surface area contributed by atoms with Crippen molar-refractivity contribution in [3.63, 3.8) is 0 Å². The quantitative estimate of drug-likeness (QED) is 0.831. The first-order chi connectivity index (χ1) is 7.27. The Morgan fingerprint density at radius 1 is 1.40 bits per heavy atom. The molecule has 0 bridgehead atoms. The maximum atomic E-state index is 5.08. The normalized spacial score (nSPS) is 10.3. The monoisotopic (exact) mass is 203 g/mol. The smallest absolute Gasteiger partial charge is 0.138 e.